The fourth-order valence-corrected chi connectivity index (χ4v) is 2.29. The van der Waals surface area contributed by atoms with Crippen molar-refractivity contribution in [2.45, 2.75) is 26.4 Å². The molecular formula is C16H21N3O4. The minimum atomic E-state index is -0.558. The zero-order valence-electron chi connectivity index (χ0n) is 13.5. The van der Waals surface area contributed by atoms with Gasteiger partial charge in [0.05, 0.1) is 7.11 Å². The molecule has 124 valence electrons. The summed E-state index contributed by atoms with van der Waals surface area (Å²) in [4.78, 5) is 36.8. The number of methoxy groups -OCH3 is 1. The van der Waals surface area contributed by atoms with E-state index >= 15 is 0 Å². The zero-order chi connectivity index (χ0) is 17.0. The van der Waals surface area contributed by atoms with Crippen molar-refractivity contribution >= 4 is 17.8 Å². The van der Waals surface area contributed by atoms with Crippen LogP contribution in [0, 0.1) is 5.92 Å². The molecule has 7 nitrogen and oxygen atoms in total. The quantitative estimate of drug-likeness (QED) is 0.762. The van der Waals surface area contributed by atoms with Crippen molar-refractivity contribution < 1.29 is 19.1 Å². The van der Waals surface area contributed by atoms with Crippen LogP contribution in [0.2, 0.25) is 0 Å². The predicted molar refractivity (Wildman–Crippen MR) is 83.7 cm³/mol. The first-order valence-corrected chi connectivity index (χ1v) is 7.44. The molecule has 7 heteroatoms. The summed E-state index contributed by atoms with van der Waals surface area (Å²) in [6.45, 7) is 3.73. The summed E-state index contributed by atoms with van der Waals surface area (Å²) in [6.07, 6.45) is 0. The van der Waals surface area contributed by atoms with Gasteiger partial charge in [0, 0.05) is 6.54 Å². The number of rotatable bonds is 6. The average molecular weight is 319 g/mol. The van der Waals surface area contributed by atoms with Gasteiger partial charge in [-0.15, -0.1) is 0 Å². The molecule has 2 rings (SSSR count). The van der Waals surface area contributed by atoms with Crippen LogP contribution in [0.4, 0.5) is 4.79 Å². The van der Waals surface area contributed by atoms with Crippen LogP contribution in [0.15, 0.2) is 24.3 Å². The molecule has 0 radical (unpaired) electrons. The Morgan fingerprint density at radius 2 is 1.96 bits per heavy atom. The molecule has 0 aliphatic carbocycles. The topological polar surface area (TPSA) is 87.7 Å². The van der Waals surface area contributed by atoms with Gasteiger partial charge in [-0.2, -0.15) is 0 Å². The van der Waals surface area contributed by atoms with Gasteiger partial charge in [-0.05, 0) is 23.6 Å². The molecule has 23 heavy (non-hydrogen) atoms. The zero-order valence-corrected chi connectivity index (χ0v) is 13.5. The summed E-state index contributed by atoms with van der Waals surface area (Å²) in [7, 11) is 1.58. The van der Waals surface area contributed by atoms with Crippen LogP contribution in [0.25, 0.3) is 0 Å². The summed E-state index contributed by atoms with van der Waals surface area (Å²) in [6, 6.07) is 6.19. The Labute approximate surface area is 135 Å². The van der Waals surface area contributed by atoms with Gasteiger partial charge in [0.25, 0.3) is 5.91 Å². The number of ether oxygens (including phenoxy) is 1. The van der Waals surface area contributed by atoms with Gasteiger partial charge in [-0.25, -0.2) is 4.79 Å². The highest BCUT2D eigenvalue weighted by molar-refractivity contribution is 6.06. The fourth-order valence-electron chi connectivity index (χ4n) is 2.29. The lowest BCUT2D eigenvalue weighted by Gasteiger charge is -2.14. The number of nitrogens with one attached hydrogen (secondary N) is 2. The smallest absolute Gasteiger partial charge is 0.325 e. The van der Waals surface area contributed by atoms with Gasteiger partial charge in [0.15, 0.2) is 0 Å². The number of carbonyl (C=O) groups excluding carboxylic acids is 3. The molecule has 4 amide bonds. The standard InChI is InChI=1S/C16H21N3O4/c1-10(2)14-15(21)19(16(22)18-14)9-13(20)17-8-11-4-6-12(23-3)7-5-11/h4-7,10,14H,8-9H2,1-3H3,(H,17,20)(H,18,22)/t14-/m1/s1. The van der Waals surface area contributed by atoms with E-state index in [1.54, 1.807) is 19.2 Å². The number of benzene rings is 1. The monoisotopic (exact) mass is 319 g/mol. The van der Waals surface area contributed by atoms with Crippen molar-refractivity contribution in [3.8, 4) is 5.75 Å². The van der Waals surface area contributed by atoms with E-state index in [4.69, 9.17) is 4.74 Å². The summed E-state index contributed by atoms with van der Waals surface area (Å²) in [5, 5.41) is 5.28. The summed E-state index contributed by atoms with van der Waals surface area (Å²) >= 11 is 0. The normalized spacial score (nSPS) is 17.4. The molecule has 1 heterocycles. The van der Waals surface area contributed by atoms with Crippen LogP contribution >= 0.6 is 0 Å². The van der Waals surface area contributed by atoms with E-state index in [0.717, 1.165) is 16.2 Å². The fraction of sp³-hybridized carbons (Fsp3) is 0.438. The molecule has 0 aromatic heterocycles. The number of imide groups is 1. The van der Waals surface area contributed by atoms with Crippen LogP contribution in [-0.4, -0.2) is 42.4 Å². The van der Waals surface area contributed by atoms with E-state index in [0.29, 0.717) is 6.54 Å². The minimum Gasteiger partial charge on any atom is -0.497 e. The van der Waals surface area contributed by atoms with Gasteiger partial charge >= 0.3 is 6.03 Å². The number of amides is 4. The highest BCUT2D eigenvalue weighted by atomic mass is 16.5. The SMILES string of the molecule is COc1ccc(CNC(=O)CN2C(=O)N[C@H](C(C)C)C2=O)cc1. The summed E-state index contributed by atoms with van der Waals surface area (Å²) < 4.78 is 5.06. The molecule has 1 aliphatic heterocycles. The van der Waals surface area contributed by atoms with Gasteiger partial charge in [-0.3, -0.25) is 14.5 Å². The molecule has 1 saturated heterocycles. The van der Waals surface area contributed by atoms with E-state index < -0.39 is 12.1 Å². The lowest BCUT2D eigenvalue weighted by molar-refractivity contribution is -0.132. The highest BCUT2D eigenvalue weighted by Gasteiger charge is 2.40. The summed E-state index contributed by atoms with van der Waals surface area (Å²) in [5.74, 6) is -0.0173. The molecular weight excluding hydrogens is 298 g/mol. The predicted octanol–water partition coefficient (Wildman–Crippen LogP) is 0.888. The van der Waals surface area contributed by atoms with E-state index in [9.17, 15) is 14.4 Å². The maximum atomic E-state index is 12.1. The third kappa shape index (κ3) is 4.00. The molecule has 1 aromatic carbocycles. The van der Waals surface area contributed by atoms with Crippen molar-refractivity contribution in [3.63, 3.8) is 0 Å². The number of urea groups is 1. The second-order valence-corrected chi connectivity index (χ2v) is 5.72. The second kappa shape index (κ2) is 7.13. The van der Waals surface area contributed by atoms with Crippen molar-refractivity contribution in [3.05, 3.63) is 29.8 Å². The third-order valence-corrected chi connectivity index (χ3v) is 3.67. The van der Waals surface area contributed by atoms with Crippen LogP contribution in [0.3, 0.4) is 0 Å². The van der Waals surface area contributed by atoms with E-state index in [1.165, 1.54) is 0 Å². The number of carbonyl (C=O) groups is 3. The highest BCUT2D eigenvalue weighted by Crippen LogP contribution is 2.13. The lowest BCUT2D eigenvalue weighted by atomic mass is 10.1. The Bertz CT molecular complexity index is 598. The molecule has 1 aliphatic rings. The molecule has 2 N–H and O–H groups in total. The van der Waals surface area contributed by atoms with Crippen LogP contribution < -0.4 is 15.4 Å². The van der Waals surface area contributed by atoms with Crippen molar-refractivity contribution in [1.82, 2.24) is 15.5 Å². The maximum absolute atomic E-state index is 12.1. The van der Waals surface area contributed by atoms with E-state index in [2.05, 4.69) is 10.6 Å². The Hall–Kier alpha value is -2.57. The molecule has 1 atom stereocenters. The first-order valence-electron chi connectivity index (χ1n) is 7.44. The molecule has 0 saturated carbocycles. The Morgan fingerprint density at radius 3 is 2.48 bits per heavy atom. The van der Waals surface area contributed by atoms with Crippen LogP contribution in [-0.2, 0) is 16.1 Å². The maximum Gasteiger partial charge on any atom is 0.325 e. The van der Waals surface area contributed by atoms with Crippen molar-refractivity contribution in [1.29, 1.82) is 0 Å². The van der Waals surface area contributed by atoms with E-state index in [1.807, 2.05) is 26.0 Å². The summed E-state index contributed by atoms with van der Waals surface area (Å²) in [5.41, 5.74) is 0.899. The van der Waals surface area contributed by atoms with Gasteiger partial charge in [0.1, 0.15) is 18.3 Å². The largest absolute Gasteiger partial charge is 0.497 e. The van der Waals surface area contributed by atoms with Crippen molar-refractivity contribution in [2.75, 3.05) is 13.7 Å². The number of nitrogens with zero attached hydrogens (tertiary/aromatic N) is 1. The average Bonchev–Trinajstić information content (AvgIpc) is 2.81. The second-order valence-electron chi connectivity index (χ2n) is 5.72. The van der Waals surface area contributed by atoms with Crippen molar-refractivity contribution in [2.24, 2.45) is 5.92 Å². The lowest BCUT2D eigenvalue weighted by Crippen LogP contribution is -2.41. The molecule has 1 fully saturated rings. The molecule has 1 aromatic rings. The Morgan fingerprint density at radius 1 is 1.30 bits per heavy atom. The molecule has 0 bridgehead atoms. The van der Waals surface area contributed by atoms with Gasteiger partial charge in [0.2, 0.25) is 5.91 Å². The molecule has 0 spiro atoms. The minimum absolute atomic E-state index is 0.0150. The first kappa shape index (κ1) is 16.8. The van der Waals surface area contributed by atoms with Gasteiger partial charge in [-0.1, -0.05) is 26.0 Å². The van der Waals surface area contributed by atoms with Crippen LogP contribution in [0.5, 0.6) is 5.75 Å². The Kier molecular flexibility index (Phi) is 5.20. The molecule has 0 unspecified atom stereocenters. The van der Waals surface area contributed by atoms with E-state index in [-0.39, 0.29) is 24.3 Å². The first-order chi connectivity index (χ1) is 10.9. The third-order valence-electron chi connectivity index (χ3n) is 3.67. The van der Waals surface area contributed by atoms with Gasteiger partial charge < -0.3 is 15.4 Å². The van der Waals surface area contributed by atoms with Crippen LogP contribution in [0.1, 0.15) is 19.4 Å². The number of hydrogen-bond acceptors (Lipinski definition) is 4. The Balaban J connectivity index is 1.87. The number of hydrogen-bond donors (Lipinski definition) is 2.